The zero-order valence-electron chi connectivity index (χ0n) is 8.93. The van der Waals surface area contributed by atoms with Crippen LogP contribution in [-0.4, -0.2) is 25.8 Å². The Morgan fingerprint density at radius 1 is 1.56 bits per heavy atom. The molecule has 1 aromatic rings. The molecule has 1 aliphatic heterocycles. The third-order valence-corrected chi connectivity index (χ3v) is 6.13. The summed E-state index contributed by atoms with van der Waals surface area (Å²) in [6.07, 6.45) is 1.69. The van der Waals surface area contributed by atoms with E-state index in [0.717, 1.165) is 12.8 Å². The first-order valence-corrected chi connectivity index (χ1v) is 8.68. The molecular formula is C11H15ClO2S2. The van der Waals surface area contributed by atoms with Crippen LogP contribution in [0.4, 0.5) is 0 Å². The molecule has 0 bridgehead atoms. The Morgan fingerprint density at radius 2 is 2.38 bits per heavy atom. The van der Waals surface area contributed by atoms with Crippen LogP contribution in [0.3, 0.4) is 0 Å². The Labute approximate surface area is 106 Å². The number of rotatable bonds is 4. The maximum Gasteiger partial charge on any atom is 0.150 e. The summed E-state index contributed by atoms with van der Waals surface area (Å²) >= 11 is 7.64. The van der Waals surface area contributed by atoms with E-state index in [2.05, 4.69) is 11.4 Å². The number of sulfone groups is 1. The molecule has 1 fully saturated rings. The zero-order valence-corrected chi connectivity index (χ0v) is 11.3. The van der Waals surface area contributed by atoms with Crippen molar-refractivity contribution in [1.29, 1.82) is 0 Å². The number of thiophene rings is 1. The Hall–Kier alpha value is -0.0600. The minimum atomic E-state index is -2.79. The second-order valence-electron chi connectivity index (χ2n) is 4.41. The van der Waals surface area contributed by atoms with Gasteiger partial charge in [0.05, 0.1) is 11.5 Å². The molecule has 0 spiro atoms. The summed E-state index contributed by atoms with van der Waals surface area (Å²) in [5.74, 6) is 1.77. The lowest BCUT2D eigenvalue weighted by atomic mass is 9.89. The molecule has 90 valence electrons. The molecule has 2 heterocycles. The average molecular weight is 279 g/mol. The molecule has 1 aliphatic rings. The van der Waals surface area contributed by atoms with Crippen LogP contribution in [0.25, 0.3) is 0 Å². The molecule has 0 N–H and O–H groups in total. The molecule has 2 atom stereocenters. The Bertz CT molecular complexity index is 425. The van der Waals surface area contributed by atoms with Crippen molar-refractivity contribution in [2.24, 2.45) is 11.8 Å². The van der Waals surface area contributed by atoms with E-state index in [0.29, 0.717) is 23.3 Å². The normalized spacial score (nSPS) is 25.7. The first-order valence-electron chi connectivity index (χ1n) is 5.38. The SMILES string of the molecule is O=S1(=O)CCC(C(CCl)Cc2ccsc2)C1. The van der Waals surface area contributed by atoms with E-state index in [1.54, 1.807) is 11.3 Å². The highest BCUT2D eigenvalue weighted by atomic mass is 35.5. The fourth-order valence-electron chi connectivity index (χ4n) is 2.25. The van der Waals surface area contributed by atoms with E-state index >= 15 is 0 Å². The molecule has 0 saturated carbocycles. The van der Waals surface area contributed by atoms with E-state index in [1.807, 2.05) is 5.38 Å². The quantitative estimate of drug-likeness (QED) is 0.794. The largest absolute Gasteiger partial charge is 0.229 e. The lowest BCUT2D eigenvalue weighted by molar-refractivity contribution is 0.398. The van der Waals surface area contributed by atoms with E-state index in [9.17, 15) is 8.42 Å². The highest BCUT2D eigenvalue weighted by Crippen LogP contribution is 2.29. The summed E-state index contributed by atoms with van der Waals surface area (Å²) in [6.45, 7) is 0. The molecule has 2 nitrogen and oxygen atoms in total. The van der Waals surface area contributed by atoms with Crippen LogP contribution in [0.5, 0.6) is 0 Å². The van der Waals surface area contributed by atoms with Gasteiger partial charge in [0, 0.05) is 5.88 Å². The molecule has 5 heteroatoms. The molecule has 0 aromatic carbocycles. The number of alkyl halides is 1. The molecule has 2 unspecified atom stereocenters. The zero-order chi connectivity index (χ0) is 11.6. The summed E-state index contributed by atoms with van der Waals surface area (Å²) in [6, 6.07) is 2.09. The van der Waals surface area contributed by atoms with Gasteiger partial charge in [-0.25, -0.2) is 8.42 Å². The highest BCUT2D eigenvalue weighted by Gasteiger charge is 2.33. The summed E-state index contributed by atoms with van der Waals surface area (Å²) < 4.78 is 22.8. The van der Waals surface area contributed by atoms with Gasteiger partial charge in [-0.1, -0.05) is 0 Å². The van der Waals surface area contributed by atoms with Crippen LogP contribution in [0.15, 0.2) is 16.8 Å². The first kappa shape index (κ1) is 12.4. The minimum Gasteiger partial charge on any atom is -0.229 e. The van der Waals surface area contributed by atoms with E-state index < -0.39 is 9.84 Å². The van der Waals surface area contributed by atoms with Gasteiger partial charge in [-0.3, -0.25) is 0 Å². The molecule has 1 aromatic heterocycles. The predicted octanol–water partition coefficient (Wildman–Crippen LogP) is 2.58. The van der Waals surface area contributed by atoms with Crippen molar-refractivity contribution in [3.63, 3.8) is 0 Å². The van der Waals surface area contributed by atoms with Crippen molar-refractivity contribution >= 4 is 32.8 Å². The first-order chi connectivity index (χ1) is 7.61. The third-order valence-electron chi connectivity index (χ3n) is 3.21. The molecule has 2 rings (SSSR count). The number of halogens is 1. The second-order valence-corrected chi connectivity index (χ2v) is 7.73. The predicted molar refractivity (Wildman–Crippen MR) is 69.0 cm³/mol. The summed E-state index contributed by atoms with van der Waals surface area (Å²) in [5.41, 5.74) is 1.28. The van der Waals surface area contributed by atoms with Crippen molar-refractivity contribution in [3.05, 3.63) is 22.4 Å². The Balaban J connectivity index is 2.01. The van der Waals surface area contributed by atoms with Gasteiger partial charge >= 0.3 is 0 Å². The van der Waals surface area contributed by atoms with Crippen LogP contribution in [0.2, 0.25) is 0 Å². The van der Waals surface area contributed by atoms with E-state index in [4.69, 9.17) is 11.6 Å². The lowest BCUT2D eigenvalue weighted by Crippen LogP contribution is -2.20. The standard InChI is InChI=1S/C11H15ClO2S2/c12-6-11(5-9-1-3-15-7-9)10-2-4-16(13,14)8-10/h1,3,7,10-11H,2,4-6,8H2. The van der Waals surface area contributed by atoms with Gasteiger partial charge in [-0.15, -0.1) is 11.6 Å². The molecule has 1 saturated heterocycles. The smallest absolute Gasteiger partial charge is 0.150 e. The lowest BCUT2D eigenvalue weighted by Gasteiger charge is -2.19. The number of hydrogen-bond donors (Lipinski definition) is 0. The van der Waals surface area contributed by atoms with Gasteiger partial charge in [0.2, 0.25) is 0 Å². The third kappa shape index (κ3) is 2.99. The van der Waals surface area contributed by atoms with Crippen LogP contribution in [-0.2, 0) is 16.3 Å². The van der Waals surface area contributed by atoms with Gasteiger partial charge in [0.15, 0.2) is 9.84 Å². The Kier molecular flexibility index (Phi) is 3.93. The van der Waals surface area contributed by atoms with Crippen molar-refractivity contribution in [3.8, 4) is 0 Å². The van der Waals surface area contributed by atoms with Gasteiger partial charge < -0.3 is 0 Å². The highest BCUT2D eigenvalue weighted by molar-refractivity contribution is 7.91. The van der Waals surface area contributed by atoms with E-state index in [1.165, 1.54) is 5.56 Å². The molecule has 0 aliphatic carbocycles. The van der Waals surface area contributed by atoms with Crippen molar-refractivity contribution < 1.29 is 8.42 Å². The maximum atomic E-state index is 11.4. The topological polar surface area (TPSA) is 34.1 Å². The molecule has 16 heavy (non-hydrogen) atoms. The van der Waals surface area contributed by atoms with Crippen molar-refractivity contribution in [2.75, 3.05) is 17.4 Å². The molecule has 0 amide bonds. The Morgan fingerprint density at radius 3 is 2.88 bits per heavy atom. The van der Waals surface area contributed by atoms with Crippen LogP contribution < -0.4 is 0 Å². The van der Waals surface area contributed by atoms with Gasteiger partial charge in [0.1, 0.15) is 0 Å². The minimum absolute atomic E-state index is 0.252. The maximum absolute atomic E-state index is 11.4. The second kappa shape index (κ2) is 5.07. The molecular weight excluding hydrogens is 264 g/mol. The molecule has 0 radical (unpaired) electrons. The van der Waals surface area contributed by atoms with Crippen molar-refractivity contribution in [2.45, 2.75) is 12.8 Å². The van der Waals surface area contributed by atoms with Crippen LogP contribution in [0.1, 0.15) is 12.0 Å². The van der Waals surface area contributed by atoms with Crippen LogP contribution >= 0.6 is 22.9 Å². The fraction of sp³-hybridized carbons (Fsp3) is 0.636. The van der Waals surface area contributed by atoms with E-state index in [-0.39, 0.29) is 5.92 Å². The van der Waals surface area contributed by atoms with Gasteiger partial charge in [-0.05, 0) is 47.1 Å². The van der Waals surface area contributed by atoms with Gasteiger partial charge in [-0.2, -0.15) is 11.3 Å². The van der Waals surface area contributed by atoms with Crippen LogP contribution in [0, 0.1) is 11.8 Å². The summed E-state index contributed by atoms with van der Waals surface area (Å²) in [4.78, 5) is 0. The summed E-state index contributed by atoms with van der Waals surface area (Å²) in [7, 11) is -2.79. The van der Waals surface area contributed by atoms with Crippen molar-refractivity contribution in [1.82, 2.24) is 0 Å². The van der Waals surface area contributed by atoms with Gasteiger partial charge in [0.25, 0.3) is 0 Å². The fourth-order valence-corrected chi connectivity index (χ4v) is 5.22. The number of hydrogen-bond acceptors (Lipinski definition) is 3. The summed E-state index contributed by atoms with van der Waals surface area (Å²) in [5, 5.41) is 4.16. The monoisotopic (exact) mass is 278 g/mol. The average Bonchev–Trinajstić information content (AvgIpc) is 2.83.